The standard InChI is InChI=1S/C20H24F2N6/c1-13-12-28(7-6-24-13)19-15(20(21)22)10-23-11-18(19)27-9-14-2-3-16-17(8-14)26-5-4-25-16/h2-5,8,11,13,20,23-24,27H,6-7,9-10,12H2,1H3. The van der Waals surface area contributed by atoms with Gasteiger partial charge in [0.05, 0.1) is 22.4 Å². The van der Waals surface area contributed by atoms with Crippen LogP contribution in [-0.2, 0) is 6.54 Å². The Kier molecular flexibility index (Phi) is 5.38. The van der Waals surface area contributed by atoms with Gasteiger partial charge in [0.2, 0.25) is 0 Å². The molecule has 1 atom stereocenters. The van der Waals surface area contributed by atoms with E-state index in [1.54, 1.807) is 18.6 Å². The molecule has 3 N–H and O–H groups in total. The Labute approximate surface area is 162 Å². The van der Waals surface area contributed by atoms with Gasteiger partial charge in [-0.05, 0) is 24.6 Å². The van der Waals surface area contributed by atoms with Crippen molar-refractivity contribution in [1.82, 2.24) is 30.8 Å². The quantitative estimate of drug-likeness (QED) is 0.730. The van der Waals surface area contributed by atoms with E-state index in [0.717, 1.165) is 23.1 Å². The Morgan fingerprint density at radius 3 is 2.86 bits per heavy atom. The molecule has 0 amide bonds. The number of halogens is 2. The highest BCUT2D eigenvalue weighted by atomic mass is 19.3. The van der Waals surface area contributed by atoms with Crippen LogP contribution in [0.2, 0.25) is 0 Å². The fourth-order valence-electron chi connectivity index (χ4n) is 3.73. The van der Waals surface area contributed by atoms with Crippen molar-refractivity contribution in [2.24, 2.45) is 0 Å². The first-order chi connectivity index (χ1) is 13.6. The molecule has 0 saturated carbocycles. The Hall–Kier alpha value is -2.74. The summed E-state index contributed by atoms with van der Waals surface area (Å²) in [6.45, 7) is 4.95. The third-order valence-electron chi connectivity index (χ3n) is 5.06. The number of hydrogen-bond donors (Lipinski definition) is 3. The third-order valence-corrected chi connectivity index (χ3v) is 5.06. The van der Waals surface area contributed by atoms with E-state index < -0.39 is 6.43 Å². The topological polar surface area (TPSA) is 65.1 Å². The number of aromatic nitrogens is 2. The third kappa shape index (κ3) is 3.91. The van der Waals surface area contributed by atoms with E-state index in [1.165, 1.54) is 0 Å². The van der Waals surface area contributed by atoms with Crippen molar-refractivity contribution >= 4 is 11.0 Å². The van der Waals surface area contributed by atoms with Crippen LogP contribution in [0.15, 0.2) is 53.8 Å². The molecule has 1 aromatic carbocycles. The van der Waals surface area contributed by atoms with E-state index >= 15 is 0 Å². The average molecular weight is 386 g/mol. The second-order valence-electron chi connectivity index (χ2n) is 7.15. The molecule has 2 aliphatic rings. The number of piperazine rings is 1. The van der Waals surface area contributed by atoms with Crippen LogP contribution < -0.4 is 16.0 Å². The lowest BCUT2D eigenvalue weighted by Gasteiger charge is -2.39. The molecule has 1 unspecified atom stereocenters. The van der Waals surface area contributed by atoms with Crippen LogP contribution in [0.1, 0.15) is 12.5 Å². The SMILES string of the molecule is CC1CN(C2=C(C(F)F)CNC=C2NCc2ccc3nccnc3c2)CCN1. The Bertz CT molecular complexity index is 910. The number of benzene rings is 1. The fraction of sp³-hybridized carbons (Fsp3) is 0.400. The summed E-state index contributed by atoms with van der Waals surface area (Å²) in [7, 11) is 0. The first kappa shape index (κ1) is 18.6. The summed E-state index contributed by atoms with van der Waals surface area (Å²) in [4.78, 5) is 10.7. The van der Waals surface area contributed by atoms with E-state index in [0.29, 0.717) is 31.0 Å². The molecule has 148 valence electrons. The van der Waals surface area contributed by atoms with E-state index in [4.69, 9.17) is 0 Å². The van der Waals surface area contributed by atoms with Crippen LogP contribution in [0.3, 0.4) is 0 Å². The van der Waals surface area contributed by atoms with Crippen LogP contribution in [0.4, 0.5) is 8.78 Å². The van der Waals surface area contributed by atoms with Gasteiger partial charge in [-0.25, -0.2) is 8.78 Å². The van der Waals surface area contributed by atoms with Gasteiger partial charge in [0.25, 0.3) is 6.43 Å². The molecular weight excluding hydrogens is 362 g/mol. The van der Waals surface area contributed by atoms with Gasteiger partial charge in [0.1, 0.15) is 0 Å². The molecule has 4 rings (SSSR count). The number of dihydropyridines is 1. The first-order valence-corrected chi connectivity index (χ1v) is 9.49. The van der Waals surface area contributed by atoms with E-state index in [-0.39, 0.29) is 18.2 Å². The number of nitrogens with one attached hydrogen (secondary N) is 3. The summed E-state index contributed by atoms with van der Waals surface area (Å²) in [5.41, 5.74) is 4.14. The molecule has 8 heteroatoms. The van der Waals surface area contributed by atoms with Gasteiger partial charge in [0, 0.05) is 62.9 Å². The normalized spacial score (nSPS) is 20.4. The number of hydrogen-bond acceptors (Lipinski definition) is 6. The van der Waals surface area contributed by atoms with Gasteiger partial charge in [-0.1, -0.05) is 6.07 Å². The zero-order valence-corrected chi connectivity index (χ0v) is 15.8. The van der Waals surface area contributed by atoms with Gasteiger partial charge in [-0.15, -0.1) is 0 Å². The molecule has 0 radical (unpaired) electrons. The maximum Gasteiger partial charge on any atom is 0.263 e. The largest absolute Gasteiger partial charge is 0.385 e. The molecule has 2 aliphatic heterocycles. The zero-order chi connectivity index (χ0) is 19.5. The molecule has 1 aromatic heterocycles. The summed E-state index contributed by atoms with van der Waals surface area (Å²) in [5.74, 6) is 0. The Morgan fingerprint density at radius 2 is 2.07 bits per heavy atom. The summed E-state index contributed by atoms with van der Waals surface area (Å²) in [6, 6.07) is 6.13. The molecule has 2 aromatic rings. The molecule has 0 aliphatic carbocycles. The number of alkyl halides is 2. The maximum absolute atomic E-state index is 13.7. The fourth-order valence-corrected chi connectivity index (χ4v) is 3.73. The van der Waals surface area contributed by atoms with Crippen molar-refractivity contribution in [3.05, 3.63) is 59.3 Å². The highest BCUT2D eigenvalue weighted by molar-refractivity contribution is 5.74. The highest BCUT2D eigenvalue weighted by Crippen LogP contribution is 2.26. The second-order valence-corrected chi connectivity index (χ2v) is 7.15. The van der Waals surface area contributed by atoms with Crippen molar-refractivity contribution < 1.29 is 8.78 Å². The minimum atomic E-state index is -2.49. The lowest BCUT2D eigenvalue weighted by Crippen LogP contribution is -2.50. The van der Waals surface area contributed by atoms with Gasteiger partial charge in [-0.2, -0.15) is 0 Å². The van der Waals surface area contributed by atoms with Crippen LogP contribution in [-0.4, -0.2) is 53.5 Å². The lowest BCUT2D eigenvalue weighted by atomic mass is 10.1. The van der Waals surface area contributed by atoms with Crippen molar-refractivity contribution in [3.63, 3.8) is 0 Å². The van der Waals surface area contributed by atoms with Crippen LogP contribution in [0.5, 0.6) is 0 Å². The van der Waals surface area contributed by atoms with Crippen LogP contribution in [0, 0.1) is 0 Å². The summed E-state index contributed by atoms with van der Waals surface area (Å²) < 4.78 is 27.4. The molecule has 0 spiro atoms. The second kappa shape index (κ2) is 8.10. The minimum absolute atomic E-state index is 0.142. The maximum atomic E-state index is 13.7. The Balaban J connectivity index is 1.56. The van der Waals surface area contributed by atoms with Crippen LogP contribution in [0.25, 0.3) is 11.0 Å². The van der Waals surface area contributed by atoms with Crippen molar-refractivity contribution in [1.29, 1.82) is 0 Å². The van der Waals surface area contributed by atoms with E-state index in [9.17, 15) is 8.78 Å². The summed E-state index contributed by atoms with van der Waals surface area (Å²) in [5, 5.41) is 9.70. The smallest absolute Gasteiger partial charge is 0.263 e. The van der Waals surface area contributed by atoms with E-state index in [1.807, 2.05) is 18.2 Å². The number of fused-ring (bicyclic) bond motifs is 1. The molecule has 1 fully saturated rings. The molecular formula is C20H24F2N6. The van der Waals surface area contributed by atoms with Gasteiger partial charge in [-0.3, -0.25) is 9.97 Å². The summed E-state index contributed by atoms with van der Waals surface area (Å²) >= 11 is 0. The number of nitrogens with zero attached hydrogens (tertiary/aromatic N) is 3. The van der Waals surface area contributed by atoms with Gasteiger partial charge in [0.15, 0.2) is 0 Å². The molecule has 3 heterocycles. The van der Waals surface area contributed by atoms with Gasteiger partial charge < -0.3 is 20.9 Å². The molecule has 6 nitrogen and oxygen atoms in total. The summed E-state index contributed by atoms with van der Waals surface area (Å²) in [6.07, 6.45) is 2.63. The Morgan fingerprint density at radius 1 is 1.25 bits per heavy atom. The molecule has 28 heavy (non-hydrogen) atoms. The van der Waals surface area contributed by atoms with Gasteiger partial charge >= 0.3 is 0 Å². The van der Waals surface area contributed by atoms with Crippen molar-refractivity contribution in [3.8, 4) is 0 Å². The van der Waals surface area contributed by atoms with Crippen molar-refractivity contribution in [2.45, 2.75) is 25.9 Å². The monoisotopic (exact) mass is 386 g/mol. The molecule has 0 bridgehead atoms. The van der Waals surface area contributed by atoms with Crippen molar-refractivity contribution in [2.75, 3.05) is 26.2 Å². The average Bonchev–Trinajstić information content (AvgIpc) is 2.71. The predicted octanol–water partition coefficient (Wildman–Crippen LogP) is 1.98. The highest BCUT2D eigenvalue weighted by Gasteiger charge is 2.29. The number of rotatable bonds is 5. The van der Waals surface area contributed by atoms with Crippen LogP contribution >= 0.6 is 0 Å². The minimum Gasteiger partial charge on any atom is -0.385 e. The molecule has 1 saturated heterocycles. The van der Waals surface area contributed by atoms with E-state index in [2.05, 4.69) is 37.7 Å². The lowest BCUT2D eigenvalue weighted by molar-refractivity contribution is 0.174. The predicted molar refractivity (Wildman–Crippen MR) is 105 cm³/mol. The first-order valence-electron chi connectivity index (χ1n) is 9.49. The zero-order valence-electron chi connectivity index (χ0n) is 15.8.